The Morgan fingerprint density at radius 1 is 1.00 bits per heavy atom. The number of likely N-dealkylation sites (N-methyl/N-ethyl adjacent to an activating group) is 1. The van der Waals surface area contributed by atoms with E-state index in [-0.39, 0.29) is 23.0 Å². The molecule has 0 unspecified atom stereocenters. The Bertz CT molecular complexity index is 1350. The smallest absolute Gasteiger partial charge is 0.264 e. The van der Waals surface area contributed by atoms with Crippen molar-refractivity contribution in [2.75, 3.05) is 24.5 Å². The summed E-state index contributed by atoms with van der Waals surface area (Å²) < 4.78 is 34.8. The molecule has 202 valence electrons. The minimum atomic E-state index is -4.15. The van der Waals surface area contributed by atoms with Crippen LogP contribution in [0.15, 0.2) is 82.2 Å². The molecular weight excluding hydrogens is 594 g/mol. The van der Waals surface area contributed by atoms with Gasteiger partial charge in [0.2, 0.25) is 11.8 Å². The van der Waals surface area contributed by atoms with Crippen molar-refractivity contribution in [3.63, 3.8) is 0 Å². The number of anilines is 1. The summed E-state index contributed by atoms with van der Waals surface area (Å²) in [5.74, 6) is -0.359. The minimum Gasteiger partial charge on any atom is -0.494 e. The zero-order valence-electron chi connectivity index (χ0n) is 21.2. The Labute approximate surface area is 236 Å². The first-order valence-corrected chi connectivity index (χ1v) is 14.4. The van der Waals surface area contributed by atoms with Crippen LogP contribution >= 0.6 is 27.5 Å². The highest BCUT2D eigenvalue weighted by Crippen LogP contribution is 2.27. The lowest BCUT2D eigenvalue weighted by molar-refractivity contribution is -0.139. The molecule has 0 fully saturated rings. The molecule has 0 aromatic heterocycles. The molecule has 0 spiro atoms. The number of nitrogens with zero attached hydrogens (tertiary/aromatic N) is 2. The molecule has 0 aliphatic rings. The van der Waals surface area contributed by atoms with E-state index in [1.54, 1.807) is 67.6 Å². The van der Waals surface area contributed by atoms with E-state index in [2.05, 4.69) is 21.2 Å². The number of benzene rings is 3. The minimum absolute atomic E-state index is 0.0194. The molecule has 0 saturated heterocycles. The van der Waals surface area contributed by atoms with Gasteiger partial charge in [0.1, 0.15) is 18.3 Å². The van der Waals surface area contributed by atoms with E-state index >= 15 is 0 Å². The van der Waals surface area contributed by atoms with Gasteiger partial charge in [-0.25, -0.2) is 8.42 Å². The molecule has 0 aliphatic heterocycles. The molecule has 3 rings (SSSR count). The van der Waals surface area contributed by atoms with Crippen LogP contribution in [0, 0.1) is 0 Å². The quantitative estimate of drug-likeness (QED) is 0.330. The fourth-order valence-electron chi connectivity index (χ4n) is 3.72. The molecule has 8 nitrogen and oxygen atoms in total. The van der Waals surface area contributed by atoms with Crippen molar-refractivity contribution in [1.29, 1.82) is 0 Å². The van der Waals surface area contributed by atoms with Crippen LogP contribution < -0.4 is 14.4 Å². The molecule has 3 aromatic rings. The number of carbonyl (C=O) groups is 2. The number of carbonyl (C=O) groups excluding carboxylic acids is 2. The zero-order chi connectivity index (χ0) is 27.9. The molecular formula is C27H29BrClN3O5S. The lowest BCUT2D eigenvalue weighted by Crippen LogP contribution is -2.50. The molecule has 0 radical (unpaired) electrons. The molecule has 0 heterocycles. The Balaban J connectivity index is 2.02. The van der Waals surface area contributed by atoms with Gasteiger partial charge in [0.25, 0.3) is 10.0 Å². The number of hydrogen-bond acceptors (Lipinski definition) is 5. The third-order valence-corrected chi connectivity index (χ3v) is 8.36. The number of sulfonamides is 1. The maximum Gasteiger partial charge on any atom is 0.264 e. The number of ether oxygens (including phenoxy) is 1. The number of halogens is 2. The number of hydrogen-bond donors (Lipinski definition) is 1. The Morgan fingerprint density at radius 3 is 2.16 bits per heavy atom. The second-order valence-electron chi connectivity index (χ2n) is 8.33. The lowest BCUT2D eigenvalue weighted by atomic mass is 10.1. The van der Waals surface area contributed by atoms with E-state index in [1.807, 2.05) is 6.92 Å². The van der Waals surface area contributed by atoms with Crippen LogP contribution in [0.2, 0.25) is 5.02 Å². The molecule has 2 amide bonds. The van der Waals surface area contributed by atoms with Crippen molar-refractivity contribution >= 4 is 55.1 Å². The van der Waals surface area contributed by atoms with Gasteiger partial charge in [-0.3, -0.25) is 13.9 Å². The van der Waals surface area contributed by atoms with E-state index in [9.17, 15) is 18.0 Å². The first-order valence-electron chi connectivity index (χ1n) is 11.8. The second kappa shape index (κ2) is 13.1. The summed E-state index contributed by atoms with van der Waals surface area (Å²) in [6, 6.07) is 18.6. The average molecular weight is 623 g/mol. The highest BCUT2D eigenvalue weighted by Gasteiger charge is 2.32. The molecule has 1 atom stereocenters. The van der Waals surface area contributed by atoms with Gasteiger partial charge in [0.15, 0.2) is 0 Å². The first kappa shape index (κ1) is 29.5. The van der Waals surface area contributed by atoms with Crippen LogP contribution in [0.4, 0.5) is 5.69 Å². The van der Waals surface area contributed by atoms with E-state index in [4.69, 9.17) is 16.3 Å². The summed E-state index contributed by atoms with van der Waals surface area (Å²) in [4.78, 5) is 27.6. The van der Waals surface area contributed by atoms with Gasteiger partial charge >= 0.3 is 0 Å². The van der Waals surface area contributed by atoms with Gasteiger partial charge in [-0.2, -0.15) is 0 Å². The topological polar surface area (TPSA) is 96.0 Å². The van der Waals surface area contributed by atoms with E-state index < -0.39 is 28.5 Å². The van der Waals surface area contributed by atoms with Crippen LogP contribution in [-0.2, 0) is 26.2 Å². The molecule has 0 bridgehead atoms. The van der Waals surface area contributed by atoms with Crippen LogP contribution in [0.25, 0.3) is 0 Å². The van der Waals surface area contributed by atoms with Gasteiger partial charge in [-0.15, -0.1) is 0 Å². The number of rotatable bonds is 11. The molecule has 1 N–H and O–H groups in total. The molecule has 11 heteroatoms. The van der Waals surface area contributed by atoms with E-state index in [1.165, 1.54) is 24.1 Å². The van der Waals surface area contributed by atoms with E-state index in [0.29, 0.717) is 21.9 Å². The highest BCUT2D eigenvalue weighted by atomic mass is 79.9. The third-order valence-electron chi connectivity index (χ3n) is 5.80. The molecule has 38 heavy (non-hydrogen) atoms. The Hall–Kier alpha value is -3.08. The van der Waals surface area contributed by atoms with Gasteiger partial charge in [-0.1, -0.05) is 39.7 Å². The van der Waals surface area contributed by atoms with Gasteiger partial charge in [0.05, 0.1) is 17.2 Å². The normalized spacial score (nSPS) is 11.9. The maximum atomic E-state index is 13.8. The maximum absolute atomic E-state index is 13.8. The van der Waals surface area contributed by atoms with Crippen molar-refractivity contribution < 1.29 is 22.7 Å². The predicted molar refractivity (Wildman–Crippen MR) is 152 cm³/mol. The zero-order valence-corrected chi connectivity index (χ0v) is 24.4. The van der Waals surface area contributed by atoms with E-state index in [0.717, 1.165) is 9.87 Å². The highest BCUT2D eigenvalue weighted by molar-refractivity contribution is 9.10. The Kier molecular flexibility index (Phi) is 10.2. The monoisotopic (exact) mass is 621 g/mol. The standard InChI is InChI=1S/C27H29BrClN3O5S/c1-4-37-24-13-11-23(12-14-24)32(38(35,36)25-15-7-21(28)8-16-25)18-26(33)31(19(2)27(34)30-3)17-20-5-9-22(29)10-6-20/h5-16,19H,4,17-18H2,1-3H3,(H,30,34)/t19-/m1/s1. The van der Waals surface area contributed by atoms with Gasteiger partial charge < -0.3 is 15.0 Å². The molecule has 3 aromatic carbocycles. The summed E-state index contributed by atoms with van der Waals surface area (Å²) in [7, 11) is -2.67. The van der Waals surface area contributed by atoms with Crippen LogP contribution in [0.3, 0.4) is 0 Å². The summed E-state index contributed by atoms with van der Waals surface area (Å²) >= 11 is 9.32. The summed E-state index contributed by atoms with van der Waals surface area (Å²) in [5, 5.41) is 3.09. The number of amides is 2. The summed E-state index contributed by atoms with van der Waals surface area (Å²) in [5.41, 5.74) is 1.02. The third kappa shape index (κ3) is 7.27. The molecule has 0 saturated carbocycles. The lowest BCUT2D eigenvalue weighted by Gasteiger charge is -2.31. The number of nitrogens with one attached hydrogen (secondary N) is 1. The van der Waals surface area contributed by atoms with Crippen LogP contribution in [0.5, 0.6) is 5.75 Å². The SMILES string of the molecule is CCOc1ccc(N(CC(=O)N(Cc2ccc(Cl)cc2)[C@H](C)C(=O)NC)S(=O)(=O)c2ccc(Br)cc2)cc1. The fraction of sp³-hybridized carbons (Fsp3) is 0.259. The van der Waals surface area contributed by atoms with Gasteiger partial charge in [0, 0.05) is 23.1 Å². The van der Waals surface area contributed by atoms with Crippen molar-refractivity contribution in [1.82, 2.24) is 10.2 Å². The van der Waals surface area contributed by atoms with Gasteiger partial charge in [-0.05, 0) is 80.1 Å². The van der Waals surface area contributed by atoms with Crippen molar-refractivity contribution in [2.45, 2.75) is 31.3 Å². The largest absolute Gasteiger partial charge is 0.494 e. The predicted octanol–water partition coefficient (Wildman–Crippen LogP) is 4.86. The van der Waals surface area contributed by atoms with Crippen LogP contribution in [0.1, 0.15) is 19.4 Å². The van der Waals surface area contributed by atoms with Crippen molar-refractivity contribution in [3.05, 3.63) is 87.9 Å². The summed E-state index contributed by atoms with van der Waals surface area (Å²) in [6.07, 6.45) is 0. The Morgan fingerprint density at radius 2 is 1.61 bits per heavy atom. The summed E-state index contributed by atoms with van der Waals surface area (Å²) in [6.45, 7) is 3.45. The fourth-order valence-corrected chi connectivity index (χ4v) is 5.52. The van der Waals surface area contributed by atoms with Crippen molar-refractivity contribution in [2.24, 2.45) is 0 Å². The first-order chi connectivity index (χ1) is 18.1. The van der Waals surface area contributed by atoms with Crippen molar-refractivity contribution in [3.8, 4) is 5.75 Å². The molecule has 0 aliphatic carbocycles. The van der Waals surface area contributed by atoms with Crippen LogP contribution in [-0.4, -0.2) is 51.4 Å². The second-order valence-corrected chi connectivity index (χ2v) is 11.5. The average Bonchev–Trinajstić information content (AvgIpc) is 2.91.